The standard InChI is InChI=1S/C27H68N4O48P16/c32-80(33,34)19(81(35,36)37)28(20(82(38,39)40)83(41,42)43)13-3-8-17-7-1-2-9-18(17)27(10-4-14-29(21(84(44,45)46)85(47,48)49)22(86(50,51)52)87(53,54)55,11-5-15-30(23(88(56,57)58)89(59,60)61)24(90(62,63)64)91(65,66)67)12-6-16-31(25(92(68,69)70)93(71,72)73)26(94(74,75)76)95(77,78)79/h1-2,7,9,19-26H,3-6,8,10-16H2,(H2,32,33,34)(H2,35,36,37)(H2,38,39,40)(H2,41,42,43)(H2,44,45,46)(H2,47,48,49)(H2,50,51,52)(H2,53,54,55)(H2,56,57,58)(H2,59,60,61)(H2,62,63,64)(H2,65,66,67)(H2,68,69,70)(H2,71,72,73)(H2,74,75,76)(H2,77,78,79). The molecule has 1 aromatic carbocycles. The normalized spacial score (nSPS) is 15.6. The molecule has 0 fully saturated rings. The molecule has 95 heavy (non-hydrogen) atoms. The van der Waals surface area contributed by atoms with E-state index in [0.29, 0.717) is 6.07 Å². The smallest absolute Gasteiger partial charge is 0.323 e. The van der Waals surface area contributed by atoms with E-state index in [0.717, 1.165) is 18.2 Å². The van der Waals surface area contributed by atoms with Crippen molar-refractivity contribution in [2.75, 3.05) is 26.2 Å². The minimum absolute atomic E-state index is 0.671. The highest BCUT2D eigenvalue weighted by molar-refractivity contribution is 7.75. The molecule has 0 bridgehead atoms. The molecule has 0 aromatic heterocycles. The van der Waals surface area contributed by atoms with Gasteiger partial charge < -0.3 is 157 Å². The van der Waals surface area contributed by atoms with Crippen molar-refractivity contribution in [3.05, 3.63) is 35.4 Å². The molecular formula is C27H68N4O48P16. The Morgan fingerprint density at radius 2 is 0.389 bits per heavy atom. The zero-order valence-electron chi connectivity index (χ0n) is 46.7. The van der Waals surface area contributed by atoms with E-state index < -0.39 is 279 Å². The fourth-order valence-electron chi connectivity index (χ4n) is 10.3. The van der Waals surface area contributed by atoms with E-state index in [9.17, 15) is 230 Å². The van der Waals surface area contributed by atoms with Crippen LogP contribution < -0.4 is 0 Å². The second-order valence-electron chi connectivity index (χ2n) is 20.5. The van der Waals surface area contributed by atoms with E-state index >= 15 is 0 Å². The Morgan fingerprint density at radius 1 is 0.242 bits per heavy atom. The molecule has 0 amide bonds. The first-order valence-corrected chi connectivity index (χ1v) is 51.2. The van der Waals surface area contributed by atoms with Gasteiger partial charge in [0.1, 0.15) is 0 Å². The highest BCUT2D eigenvalue weighted by Crippen LogP contribution is 2.73. The van der Waals surface area contributed by atoms with Crippen LogP contribution in [0.3, 0.4) is 0 Å². The molecule has 32 N–H and O–H groups in total. The third-order valence-corrected chi connectivity index (χ3v) is 41.7. The summed E-state index contributed by atoms with van der Waals surface area (Å²) in [6, 6.07) is 3.18. The molecule has 0 aliphatic carbocycles. The van der Waals surface area contributed by atoms with Crippen molar-refractivity contribution in [2.24, 2.45) is 0 Å². The average Bonchev–Trinajstić information content (AvgIpc) is 0.780. The Balaban J connectivity index is 5.26. The number of benzene rings is 1. The highest BCUT2D eigenvalue weighted by Gasteiger charge is 2.63. The summed E-state index contributed by atoms with van der Waals surface area (Å²) < 4.78 is 205. The molecule has 0 heterocycles. The first-order chi connectivity index (χ1) is 41.3. The Hall–Kier alpha value is 1.46. The van der Waals surface area contributed by atoms with Crippen LogP contribution >= 0.6 is 122 Å². The summed E-state index contributed by atoms with van der Waals surface area (Å²) in [5.74, 6) is 0. The minimum Gasteiger partial charge on any atom is -0.323 e. The van der Waals surface area contributed by atoms with Crippen LogP contribution in [0.15, 0.2) is 24.3 Å². The molecule has 1 rings (SSSR count). The maximum absolute atomic E-state index is 12.9. The summed E-state index contributed by atoms with van der Waals surface area (Å²) in [4.78, 5) is 322. The van der Waals surface area contributed by atoms with Gasteiger partial charge in [-0.3, -0.25) is 92.6 Å². The largest absolute Gasteiger partial charge is 0.355 e. The zero-order valence-corrected chi connectivity index (χ0v) is 61.0. The van der Waals surface area contributed by atoms with Crippen LogP contribution in [0.2, 0.25) is 0 Å². The zero-order chi connectivity index (χ0) is 75.9. The fraction of sp³-hybridized carbons (Fsp3) is 0.778. The van der Waals surface area contributed by atoms with Crippen molar-refractivity contribution >= 4 is 122 Å². The Kier molecular flexibility index (Phi) is 32.5. The van der Waals surface area contributed by atoms with E-state index in [2.05, 4.69) is 0 Å². The third kappa shape index (κ3) is 27.7. The second-order valence-corrected chi connectivity index (χ2v) is 50.4. The lowest BCUT2D eigenvalue weighted by atomic mass is 9.68. The summed E-state index contributed by atoms with van der Waals surface area (Å²) in [6.45, 7) is -7.81. The van der Waals surface area contributed by atoms with Crippen LogP contribution in [0.4, 0.5) is 0 Å². The molecule has 0 saturated carbocycles. The molecule has 68 heteroatoms. The van der Waals surface area contributed by atoms with Crippen molar-refractivity contribution in [3.63, 3.8) is 0 Å². The highest BCUT2D eigenvalue weighted by atomic mass is 31.3. The van der Waals surface area contributed by atoms with Gasteiger partial charge in [-0.05, 0) is 67.9 Å². The van der Waals surface area contributed by atoms with E-state index in [4.69, 9.17) is 0 Å². The van der Waals surface area contributed by atoms with Gasteiger partial charge in [0.25, 0.3) is 0 Å². The average molecular weight is 1710 g/mol. The van der Waals surface area contributed by atoms with Gasteiger partial charge in [0.15, 0.2) is 0 Å². The molecule has 564 valence electrons. The van der Waals surface area contributed by atoms with Gasteiger partial charge in [-0.25, -0.2) is 0 Å². The Labute approximate surface area is 531 Å². The topological polar surface area (TPSA) is 933 Å². The number of aryl methyl sites for hydroxylation is 1. The second kappa shape index (κ2) is 32.7. The summed E-state index contributed by atoms with van der Waals surface area (Å²) in [6.07, 6.45) is -11.6. The van der Waals surface area contributed by atoms with Gasteiger partial charge in [-0.1, -0.05) is 24.3 Å². The quantitative estimate of drug-likeness (QED) is 0.0283. The molecule has 0 saturated heterocycles. The molecule has 0 unspecified atom stereocenters. The van der Waals surface area contributed by atoms with Crippen LogP contribution in [0.1, 0.15) is 56.1 Å². The maximum Gasteiger partial charge on any atom is 0.355 e. The van der Waals surface area contributed by atoms with Crippen molar-refractivity contribution in [3.8, 4) is 0 Å². The lowest BCUT2D eigenvalue weighted by Crippen LogP contribution is -2.45. The molecule has 1 aromatic rings. The van der Waals surface area contributed by atoms with Gasteiger partial charge in [0.2, 0.25) is 44.2 Å². The molecule has 52 nitrogen and oxygen atoms in total. The van der Waals surface area contributed by atoms with Crippen molar-refractivity contribution in [1.82, 2.24) is 19.6 Å². The molecule has 0 aliphatic rings. The summed E-state index contributed by atoms with van der Waals surface area (Å²) in [5.41, 5.74) is -36.8. The van der Waals surface area contributed by atoms with Crippen LogP contribution in [0, 0.1) is 0 Å². The van der Waals surface area contributed by atoms with Crippen LogP contribution in [-0.4, -0.2) is 247 Å². The molecule has 0 radical (unpaired) electrons. The molecule has 0 aliphatic heterocycles. The predicted octanol–water partition coefficient (Wildman–Crippen LogP) is -3.48. The molecule has 0 atom stereocenters. The molecular weight excluding hydrogens is 1640 g/mol. The Morgan fingerprint density at radius 3 is 0.547 bits per heavy atom. The SMILES string of the molecule is O=P(O)(O)C(N(CCCc1ccccc1C(CCCN(C(P(=O)(O)O)P(=O)(O)O)C(P(=O)(O)O)P(=O)(O)O)(CCCN(C(P(=O)(O)O)P(=O)(O)O)C(P(=O)(O)O)P(=O)(O)O)CCCN(C(P(=O)(O)O)P(=O)(O)O)C(P(=O)(O)O)P(=O)(O)O)C(P(=O)(O)O)P(=O)(O)O)P(=O)(O)O. The summed E-state index contributed by atoms with van der Waals surface area (Å²) >= 11 is 0. The van der Waals surface area contributed by atoms with Crippen molar-refractivity contribution in [1.29, 1.82) is 0 Å². The van der Waals surface area contributed by atoms with Crippen LogP contribution in [0.25, 0.3) is 0 Å². The minimum atomic E-state index is -6.82. The first-order valence-electron chi connectivity index (χ1n) is 24.3. The third-order valence-electron chi connectivity index (χ3n) is 12.9. The van der Waals surface area contributed by atoms with E-state index in [1.807, 2.05) is 0 Å². The van der Waals surface area contributed by atoms with Crippen molar-refractivity contribution in [2.45, 2.75) is 101 Å². The monoisotopic (exact) mass is 1710 g/mol. The van der Waals surface area contributed by atoms with E-state index in [1.165, 1.54) is 0 Å². The van der Waals surface area contributed by atoms with Gasteiger partial charge in [-0.15, -0.1) is 0 Å². The van der Waals surface area contributed by atoms with Crippen LogP contribution in [0.5, 0.6) is 0 Å². The summed E-state index contributed by atoms with van der Waals surface area (Å²) in [7, 11) is -108. The number of hydrogen-bond acceptors (Lipinski definition) is 20. The first kappa shape index (κ1) is 94.5. The molecule has 0 spiro atoms. The predicted molar refractivity (Wildman–Crippen MR) is 314 cm³/mol. The van der Waals surface area contributed by atoms with Gasteiger partial charge in [-0.2, -0.15) is 0 Å². The maximum atomic E-state index is 12.9. The number of nitrogens with zero attached hydrogens (tertiary/aromatic N) is 4. The van der Waals surface area contributed by atoms with E-state index in [1.54, 1.807) is 0 Å². The Bertz CT molecular complexity index is 3040. The summed E-state index contributed by atoms with van der Waals surface area (Å²) in [5, 5.41) is 0. The van der Waals surface area contributed by atoms with Gasteiger partial charge in [0, 0.05) is 26.2 Å². The number of rotatable bonds is 41. The van der Waals surface area contributed by atoms with E-state index in [-0.39, 0.29) is 0 Å². The lowest BCUT2D eigenvalue weighted by molar-refractivity contribution is 0.178. The van der Waals surface area contributed by atoms with Gasteiger partial charge in [0.05, 0.1) is 0 Å². The fourth-order valence-corrected chi connectivity index (χ4v) is 34.7. The number of hydrogen-bond donors (Lipinski definition) is 32. The van der Waals surface area contributed by atoms with Crippen LogP contribution in [-0.2, 0) is 84.9 Å². The van der Waals surface area contributed by atoms with Crippen molar-refractivity contribution < 1.29 is 230 Å². The lowest BCUT2D eigenvalue weighted by Gasteiger charge is -2.42. The van der Waals surface area contributed by atoms with Gasteiger partial charge >= 0.3 is 122 Å².